The average Bonchev–Trinajstić information content (AvgIpc) is 3.21. The van der Waals surface area contributed by atoms with Gasteiger partial charge in [-0.15, -0.1) is 0 Å². The second-order valence-corrected chi connectivity index (χ2v) is 5.65. The lowest BCUT2D eigenvalue weighted by atomic mass is 9.98. The molecule has 1 aromatic rings. The van der Waals surface area contributed by atoms with Crippen molar-refractivity contribution in [3.63, 3.8) is 0 Å². The minimum absolute atomic E-state index is 0.257. The molecule has 3 heteroatoms. The molecule has 1 saturated carbocycles. The fourth-order valence-corrected chi connectivity index (χ4v) is 2.97. The first-order valence-corrected chi connectivity index (χ1v) is 7.22. The highest BCUT2D eigenvalue weighted by Gasteiger charge is 2.29. The fourth-order valence-electron chi connectivity index (χ4n) is 2.97. The van der Waals surface area contributed by atoms with Gasteiger partial charge in [0.05, 0.1) is 7.11 Å². The average molecular weight is 259 g/mol. The third-order valence-corrected chi connectivity index (χ3v) is 4.29. The molecular formula is C16H21NO2. The lowest BCUT2D eigenvalue weighted by Crippen LogP contribution is -2.26. The van der Waals surface area contributed by atoms with Crippen LogP contribution >= 0.6 is 0 Å². The van der Waals surface area contributed by atoms with E-state index in [1.54, 1.807) is 7.11 Å². The van der Waals surface area contributed by atoms with Crippen LogP contribution in [0.2, 0.25) is 0 Å². The molecule has 1 unspecified atom stereocenters. The Morgan fingerprint density at radius 2 is 2.21 bits per heavy atom. The number of carbonyl (C=O) groups is 1. The van der Waals surface area contributed by atoms with Crippen molar-refractivity contribution in [3.8, 4) is 5.75 Å². The largest absolute Gasteiger partial charge is 0.497 e. The third-order valence-electron chi connectivity index (χ3n) is 4.29. The van der Waals surface area contributed by atoms with Gasteiger partial charge in [-0.3, -0.25) is 4.79 Å². The maximum Gasteiger partial charge on any atom is 0.223 e. The number of amides is 1. The smallest absolute Gasteiger partial charge is 0.223 e. The molecule has 19 heavy (non-hydrogen) atoms. The molecule has 2 aliphatic rings. The number of carbonyl (C=O) groups excluding carboxylic acids is 1. The number of aryl methyl sites for hydroxylation is 1. The van der Waals surface area contributed by atoms with Crippen LogP contribution in [0.1, 0.15) is 42.7 Å². The van der Waals surface area contributed by atoms with Gasteiger partial charge in [0.25, 0.3) is 0 Å². The molecule has 2 aliphatic carbocycles. The molecule has 3 rings (SSSR count). The Balaban J connectivity index is 1.55. The van der Waals surface area contributed by atoms with Crippen LogP contribution in [0.5, 0.6) is 5.75 Å². The van der Waals surface area contributed by atoms with E-state index >= 15 is 0 Å². The second kappa shape index (κ2) is 5.24. The van der Waals surface area contributed by atoms with Gasteiger partial charge in [-0.25, -0.2) is 0 Å². The number of nitrogens with one attached hydrogen (secondary N) is 1. The van der Waals surface area contributed by atoms with Crippen molar-refractivity contribution in [3.05, 3.63) is 29.3 Å². The van der Waals surface area contributed by atoms with Gasteiger partial charge in [0, 0.05) is 12.5 Å². The maximum atomic E-state index is 11.6. The molecule has 0 aromatic heterocycles. The van der Waals surface area contributed by atoms with E-state index < -0.39 is 0 Å². The van der Waals surface area contributed by atoms with Crippen molar-refractivity contribution >= 4 is 5.91 Å². The summed E-state index contributed by atoms with van der Waals surface area (Å²) in [5.41, 5.74) is 2.86. The number of hydrogen-bond donors (Lipinski definition) is 1. The number of benzene rings is 1. The van der Waals surface area contributed by atoms with Crippen LogP contribution in [0.25, 0.3) is 0 Å². The predicted molar refractivity (Wildman–Crippen MR) is 74.4 cm³/mol. The highest BCUT2D eigenvalue weighted by Crippen LogP contribution is 2.37. The Kier molecular flexibility index (Phi) is 3.45. The minimum atomic E-state index is 0.257. The summed E-state index contributed by atoms with van der Waals surface area (Å²) in [5.74, 6) is 2.12. The summed E-state index contributed by atoms with van der Waals surface area (Å²) in [5, 5.41) is 3.06. The predicted octanol–water partition coefficient (Wildman–Crippen LogP) is 2.64. The molecule has 0 saturated heterocycles. The molecule has 1 amide bonds. The topological polar surface area (TPSA) is 38.3 Å². The van der Waals surface area contributed by atoms with Crippen molar-refractivity contribution in [2.45, 2.75) is 38.0 Å². The second-order valence-electron chi connectivity index (χ2n) is 5.65. The molecule has 1 atom stereocenters. The molecule has 3 nitrogen and oxygen atoms in total. The number of rotatable bonds is 5. The van der Waals surface area contributed by atoms with Gasteiger partial charge in [0.2, 0.25) is 5.91 Å². The van der Waals surface area contributed by atoms with E-state index in [0.29, 0.717) is 11.8 Å². The lowest BCUT2D eigenvalue weighted by Gasteiger charge is -2.12. The Hall–Kier alpha value is -1.51. The summed E-state index contributed by atoms with van der Waals surface area (Å²) < 4.78 is 5.26. The van der Waals surface area contributed by atoms with Gasteiger partial charge in [-0.2, -0.15) is 0 Å². The van der Waals surface area contributed by atoms with Crippen molar-refractivity contribution < 1.29 is 9.53 Å². The van der Waals surface area contributed by atoms with E-state index in [0.717, 1.165) is 38.0 Å². The van der Waals surface area contributed by atoms with Gasteiger partial charge in [0.15, 0.2) is 0 Å². The summed E-state index contributed by atoms with van der Waals surface area (Å²) in [6, 6.07) is 6.38. The molecule has 1 aromatic carbocycles. The van der Waals surface area contributed by atoms with Gasteiger partial charge >= 0.3 is 0 Å². The van der Waals surface area contributed by atoms with Gasteiger partial charge in [-0.1, -0.05) is 6.07 Å². The quantitative estimate of drug-likeness (QED) is 0.882. The van der Waals surface area contributed by atoms with E-state index in [4.69, 9.17) is 4.74 Å². The molecular weight excluding hydrogens is 238 g/mol. The molecule has 102 valence electrons. The van der Waals surface area contributed by atoms with E-state index in [1.807, 2.05) is 6.07 Å². The molecule has 0 radical (unpaired) electrons. The fraction of sp³-hybridized carbons (Fsp3) is 0.562. The van der Waals surface area contributed by atoms with E-state index in [9.17, 15) is 4.79 Å². The molecule has 0 spiro atoms. The summed E-state index contributed by atoms with van der Waals surface area (Å²) in [6.07, 6.45) is 5.54. The lowest BCUT2D eigenvalue weighted by molar-refractivity contribution is -0.122. The first kappa shape index (κ1) is 12.5. The zero-order valence-electron chi connectivity index (χ0n) is 11.4. The molecule has 1 fully saturated rings. The number of methoxy groups -OCH3 is 1. The van der Waals surface area contributed by atoms with Crippen molar-refractivity contribution in [1.82, 2.24) is 5.32 Å². The van der Waals surface area contributed by atoms with Crippen LogP contribution in [0, 0.1) is 5.92 Å². The van der Waals surface area contributed by atoms with E-state index in [1.165, 1.54) is 17.5 Å². The molecule has 0 bridgehead atoms. The van der Waals surface area contributed by atoms with Gasteiger partial charge in [0.1, 0.15) is 5.75 Å². The number of hydrogen-bond acceptors (Lipinski definition) is 2. The van der Waals surface area contributed by atoms with Crippen molar-refractivity contribution in [1.29, 1.82) is 0 Å². The van der Waals surface area contributed by atoms with Gasteiger partial charge < -0.3 is 10.1 Å². The molecule has 0 aliphatic heterocycles. The van der Waals surface area contributed by atoms with Crippen molar-refractivity contribution in [2.75, 3.05) is 13.7 Å². The number of ether oxygens (including phenoxy) is 1. The van der Waals surface area contributed by atoms with E-state index in [2.05, 4.69) is 17.4 Å². The summed E-state index contributed by atoms with van der Waals surface area (Å²) in [7, 11) is 1.71. The van der Waals surface area contributed by atoms with Crippen LogP contribution in [0.15, 0.2) is 18.2 Å². The Morgan fingerprint density at radius 1 is 1.37 bits per heavy atom. The normalized spacial score (nSPS) is 21.0. The minimum Gasteiger partial charge on any atom is -0.497 e. The summed E-state index contributed by atoms with van der Waals surface area (Å²) >= 11 is 0. The summed E-state index contributed by atoms with van der Waals surface area (Å²) in [6.45, 7) is 0.811. The SMILES string of the molecule is COc1ccc2c(c1)CCC2CCNC(=O)C1CC1. The Labute approximate surface area is 114 Å². The Bertz CT molecular complexity index is 480. The van der Waals surface area contributed by atoms with Crippen molar-refractivity contribution in [2.24, 2.45) is 5.92 Å². The van der Waals surface area contributed by atoms with Crippen LogP contribution < -0.4 is 10.1 Å². The van der Waals surface area contributed by atoms with Crippen LogP contribution in [0.4, 0.5) is 0 Å². The Morgan fingerprint density at radius 3 is 2.95 bits per heavy atom. The zero-order chi connectivity index (χ0) is 13.2. The number of fused-ring (bicyclic) bond motifs is 1. The van der Waals surface area contributed by atoms with Gasteiger partial charge in [-0.05, 0) is 61.3 Å². The monoisotopic (exact) mass is 259 g/mol. The highest BCUT2D eigenvalue weighted by atomic mass is 16.5. The van der Waals surface area contributed by atoms with Crippen LogP contribution in [-0.4, -0.2) is 19.6 Å². The molecule has 1 N–H and O–H groups in total. The third kappa shape index (κ3) is 2.75. The molecule has 0 heterocycles. The standard InChI is InChI=1S/C16H21NO2/c1-19-14-6-7-15-11(2-5-13(15)10-14)8-9-17-16(18)12-3-4-12/h6-7,10-12H,2-5,8-9H2,1H3,(H,17,18). The zero-order valence-corrected chi connectivity index (χ0v) is 11.4. The maximum absolute atomic E-state index is 11.6. The van der Waals surface area contributed by atoms with E-state index in [-0.39, 0.29) is 5.91 Å². The first-order chi connectivity index (χ1) is 9.28. The highest BCUT2D eigenvalue weighted by molar-refractivity contribution is 5.80. The summed E-state index contributed by atoms with van der Waals surface area (Å²) in [4.78, 5) is 11.6. The van der Waals surface area contributed by atoms with Crippen LogP contribution in [0.3, 0.4) is 0 Å². The van der Waals surface area contributed by atoms with Crippen LogP contribution in [-0.2, 0) is 11.2 Å². The first-order valence-electron chi connectivity index (χ1n) is 7.22.